The summed E-state index contributed by atoms with van der Waals surface area (Å²) in [5.41, 5.74) is 5.63. The molecule has 2 unspecified atom stereocenters. The lowest BCUT2D eigenvalue weighted by atomic mass is 9.94. The Morgan fingerprint density at radius 2 is 2.19 bits per heavy atom. The van der Waals surface area contributed by atoms with Gasteiger partial charge in [-0.2, -0.15) is 4.98 Å². The summed E-state index contributed by atoms with van der Waals surface area (Å²) < 4.78 is 28.2. The Hall–Kier alpha value is -0.950. The molecule has 0 radical (unpaired) electrons. The Bertz CT molecular complexity index is 535. The van der Waals surface area contributed by atoms with Crippen molar-refractivity contribution < 1.29 is 12.9 Å². The molecule has 0 aromatic carbocycles. The predicted octanol–water partition coefficient (Wildman–Crippen LogP) is 1.67. The summed E-state index contributed by atoms with van der Waals surface area (Å²) in [7, 11) is -2.91. The minimum Gasteiger partial charge on any atom is -0.339 e. The summed E-state index contributed by atoms with van der Waals surface area (Å²) >= 11 is 0. The lowest BCUT2D eigenvalue weighted by Gasteiger charge is -2.13. The first kappa shape index (κ1) is 16.4. The topological polar surface area (TPSA) is 99.1 Å². The number of rotatable bonds is 8. The van der Waals surface area contributed by atoms with Crippen LogP contribution in [0, 0.1) is 5.92 Å². The molecule has 1 fully saturated rings. The zero-order valence-electron chi connectivity index (χ0n) is 12.6. The smallest absolute Gasteiger partial charge is 0.226 e. The minimum atomic E-state index is -2.91. The first-order valence-corrected chi connectivity index (χ1v) is 9.59. The van der Waals surface area contributed by atoms with Crippen LogP contribution in [0.5, 0.6) is 0 Å². The van der Waals surface area contributed by atoms with Crippen LogP contribution in [0.2, 0.25) is 0 Å². The van der Waals surface area contributed by atoms with E-state index in [9.17, 15) is 8.42 Å². The first-order valence-electron chi connectivity index (χ1n) is 7.77. The number of nitrogens with zero attached hydrogens (tertiary/aromatic N) is 2. The van der Waals surface area contributed by atoms with Gasteiger partial charge in [0.25, 0.3) is 0 Å². The zero-order valence-corrected chi connectivity index (χ0v) is 13.4. The molecule has 7 heteroatoms. The fourth-order valence-electron chi connectivity index (χ4n) is 2.94. The molecular formula is C14H25N3O3S. The molecule has 2 N–H and O–H groups in total. The summed E-state index contributed by atoms with van der Waals surface area (Å²) in [5.74, 6) is 2.06. The van der Waals surface area contributed by atoms with Crippen LogP contribution in [0.25, 0.3) is 0 Å². The standard InChI is InChI=1S/C14H25N3O3S/c1-2-3-11(6-8-15)4-5-13-16-14(17-20-13)12-7-9-21(18,19)10-12/h11-12H,2-10,15H2,1H3. The second-order valence-corrected chi connectivity index (χ2v) is 8.15. The van der Waals surface area contributed by atoms with Crippen molar-refractivity contribution in [1.82, 2.24) is 10.1 Å². The zero-order chi connectivity index (χ0) is 15.3. The Kier molecular flexibility index (Phi) is 5.75. The van der Waals surface area contributed by atoms with Crippen LogP contribution in [-0.4, -0.2) is 36.6 Å². The first-order chi connectivity index (χ1) is 10.0. The van der Waals surface area contributed by atoms with E-state index in [1.807, 2.05) is 0 Å². The van der Waals surface area contributed by atoms with Crippen LogP contribution in [-0.2, 0) is 16.3 Å². The van der Waals surface area contributed by atoms with Crippen LogP contribution >= 0.6 is 0 Å². The SMILES string of the molecule is CCCC(CCN)CCc1nc(C2CCS(=O)(=O)C2)no1. The molecule has 0 spiro atoms. The number of hydrogen-bond donors (Lipinski definition) is 1. The predicted molar refractivity (Wildman–Crippen MR) is 80.7 cm³/mol. The summed E-state index contributed by atoms with van der Waals surface area (Å²) in [6.45, 7) is 2.88. The summed E-state index contributed by atoms with van der Waals surface area (Å²) in [6.07, 6.45) is 5.69. The molecule has 1 aromatic heterocycles. The van der Waals surface area contributed by atoms with Gasteiger partial charge in [0.2, 0.25) is 5.89 Å². The van der Waals surface area contributed by atoms with E-state index in [0.717, 1.165) is 25.7 Å². The van der Waals surface area contributed by atoms with E-state index in [1.165, 1.54) is 6.42 Å². The van der Waals surface area contributed by atoms with Gasteiger partial charge >= 0.3 is 0 Å². The molecule has 1 aliphatic heterocycles. The second kappa shape index (κ2) is 7.35. The molecule has 6 nitrogen and oxygen atoms in total. The Morgan fingerprint density at radius 3 is 2.81 bits per heavy atom. The molecule has 0 saturated carbocycles. The normalized spacial score (nSPS) is 22.5. The van der Waals surface area contributed by atoms with Crippen LogP contribution in [0.3, 0.4) is 0 Å². The molecule has 1 aromatic rings. The van der Waals surface area contributed by atoms with Gasteiger partial charge in [-0.25, -0.2) is 8.42 Å². The second-order valence-electron chi connectivity index (χ2n) is 5.92. The molecule has 0 aliphatic carbocycles. The number of hydrogen-bond acceptors (Lipinski definition) is 6. The summed E-state index contributed by atoms with van der Waals surface area (Å²) in [6, 6.07) is 0. The van der Waals surface area contributed by atoms with E-state index in [4.69, 9.17) is 10.3 Å². The number of aromatic nitrogens is 2. The van der Waals surface area contributed by atoms with Gasteiger partial charge in [0.1, 0.15) is 0 Å². The van der Waals surface area contributed by atoms with Crippen molar-refractivity contribution in [2.24, 2.45) is 11.7 Å². The van der Waals surface area contributed by atoms with Gasteiger partial charge in [-0.05, 0) is 31.7 Å². The minimum absolute atomic E-state index is 0.0945. The molecule has 2 heterocycles. The third-order valence-corrected chi connectivity index (χ3v) is 5.89. The van der Waals surface area contributed by atoms with E-state index in [0.29, 0.717) is 30.6 Å². The molecule has 0 amide bonds. The molecule has 0 bridgehead atoms. The van der Waals surface area contributed by atoms with Crippen molar-refractivity contribution in [2.75, 3.05) is 18.1 Å². The summed E-state index contributed by atoms with van der Waals surface area (Å²) in [5, 5.41) is 3.96. The number of nitrogens with two attached hydrogens (primary N) is 1. The molecule has 120 valence electrons. The van der Waals surface area contributed by atoms with Gasteiger partial charge in [-0.15, -0.1) is 0 Å². The lowest BCUT2D eigenvalue weighted by Crippen LogP contribution is -2.10. The molecule has 21 heavy (non-hydrogen) atoms. The maximum Gasteiger partial charge on any atom is 0.226 e. The molecule has 2 rings (SSSR count). The van der Waals surface area contributed by atoms with Gasteiger partial charge in [-0.3, -0.25) is 0 Å². The van der Waals surface area contributed by atoms with Crippen molar-refractivity contribution in [2.45, 2.75) is 51.4 Å². The van der Waals surface area contributed by atoms with Crippen LogP contribution in [0.15, 0.2) is 4.52 Å². The van der Waals surface area contributed by atoms with Crippen molar-refractivity contribution >= 4 is 9.84 Å². The maximum absolute atomic E-state index is 11.5. The third kappa shape index (κ3) is 4.78. The third-order valence-electron chi connectivity index (χ3n) is 4.12. The van der Waals surface area contributed by atoms with E-state index in [1.54, 1.807) is 0 Å². The van der Waals surface area contributed by atoms with E-state index < -0.39 is 9.84 Å². The molecule has 1 aliphatic rings. The highest BCUT2D eigenvalue weighted by molar-refractivity contribution is 7.91. The van der Waals surface area contributed by atoms with Crippen LogP contribution in [0.4, 0.5) is 0 Å². The van der Waals surface area contributed by atoms with Crippen molar-refractivity contribution in [1.29, 1.82) is 0 Å². The number of sulfone groups is 1. The molecule has 1 saturated heterocycles. The van der Waals surface area contributed by atoms with E-state index in [-0.39, 0.29) is 17.4 Å². The highest BCUT2D eigenvalue weighted by Crippen LogP contribution is 2.27. The van der Waals surface area contributed by atoms with Gasteiger partial charge in [0.05, 0.1) is 11.5 Å². The van der Waals surface area contributed by atoms with Crippen LogP contribution < -0.4 is 5.73 Å². The van der Waals surface area contributed by atoms with Crippen molar-refractivity contribution in [3.05, 3.63) is 11.7 Å². The average Bonchev–Trinajstić information content (AvgIpc) is 3.03. The van der Waals surface area contributed by atoms with Gasteiger partial charge in [0.15, 0.2) is 15.7 Å². The Morgan fingerprint density at radius 1 is 1.38 bits per heavy atom. The van der Waals surface area contributed by atoms with E-state index >= 15 is 0 Å². The van der Waals surface area contributed by atoms with Crippen molar-refractivity contribution in [3.63, 3.8) is 0 Å². The maximum atomic E-state index is 11.5. The fourth-order valence-corrected chi connectivity index (χ4v) is 4.68. The summed E-state index contributed by atoms with van der Waals surface area (Å²) in [4.78, 5) is 4.38. The van der Waals surface area contributed by atoms with Gasteiger partial charge in [-0.1, -0.05) is 24.9 Å². The Balaban J connectivity index is 1.88. The quantitative estimate of drug-likeness (QED) is 0.783. The largest absolute Gasteiger partial charge is 0.339 e. The highest BCUT2D eigenvalue weighted by atomic mass is 32.2. The molecular weight excluding hydrogens is 290 g/mol. The monoisotopic (exact) mass is 315 g/mol. The van der Waals surface area contributed by atoms with Crippen molar-refractivity contribution in [3.8, 4) is 0 Å². The number of aryl methyl sites for hydroxylation is 1. The Labute approximate surface area is 126 Å². The fraction of sp³-hybridized carbons (Fsp3) is 0.857. The van der Waals surface area contributed by atoms with Gasteiger partial charge < -0.3 is 10.3 Å². The average molecular weight is 315 g/mol. The lowest BCUT2D eigenvalue weighted by molar-refractivity contribution is 0.345. The van der Waals surface area contributed by atoms with Crippen LogP contribution in [0.1, 0.15) is 56.7 Å². The van der Waals surface area contributed by atoms with E-state index in [2.05, 4.69) is 17.1 Å². The molecule has 2 atom stereocenters. The highest BCUT2D eigenvalue weighted by Gasteiger charge is 2.32. The van der Waals surface area contributed by atoms with Gasteiger partial charge in [0, 0.05) is 12.3 Å².